The van der Waals surface area contributed by atoms with Gasteiger partial charge < -0.3 is 9.80 Å². The van der Waals surface area contributed by atoms with Gasteiger partial charge in [0.2, 0.25) is 5.96 Å². The summed E-state index contributed by atoms with van der Waals surface area (Å²) >= 11 is 0. The molecule has 0 amide bonds. The van der Waals surface area contributed by atoms with Gasteiger partial charge in [-0.1, -0.05) is 60.2 Å². The fourth-order valence-electron chi connectivity index (χ4n) is 4.34. The molecule has 1 fully saturated rings. The second-order valence-electron chi connectivity index (χ2n) is 8.46. The van der Waals surface area contributed by atoms with Crippen LogP contribution in [-0.4, -0.2) is 42.8 Å². The molecule has 0 N–H and O–H groups in total. The number of allylic oxidation sites excluding steroid dienone is 1. The van der Waals surface area contributed by atoms with Crippen molar-refractivity contribution in [2.24, 2.45) is 10.3 Å². The summed E-state index contributed by atoms with van der Waals surface area (Å²) in [6.45, 7) is 7.57. The van der Waals surface area contributed by atoms with Gasteiger partial charge in [0.05, 0.1) is 10.9 Å². The molecule has 2 aromatic carbocycles. The monoisotopic (exact) mass is 423 g/mol. The lowest BCUT2D eigenvalue weighted by Crippen LogP contribution is -2.60. The zero-order chi connectivity index (χ0) is 21.3. The third-order valence-electron chi connectivity index (χ3n) is 5.84. The Hall–Kier alpha value is -2.60. The molecule has 6 heteroatoms. The van der Waals surface area contributed by atoms with Crippen LogP contribution >= 0.6 is 0 Å². The molecule has 2 aromatic rings. The van der Waals surface area contributed by atoms with Crippen LogP contribution in [0.2, 0.25) is 0 Å². The van der Waals surface area contributed by atoms with Crippen LogP contribution in [0.4, 0.5) is 0 Å². The number of nitrogens with zero attached hydrogens (tertiary/aromatic N) is 3. The highest BCUT2D eigenvalue weighted by Crippen LogP contribution is 2.33. The van der Waals surface area contributed by atoms with E-state index >= 15 is 0 Å². The van der Waals surface area contributed by atoms with Crippen molar-refractivity contribution in [2.75, 3.05) is 6.54 Å². The lowest BCUT2D eigenvalue weighted by molar-refractivity contribution is 0.137. The van der Waals surface area contributed by atoms with Gasteiger partial charge in [-0.2, -0.15) is 8.42 Å². The minimum absolute atomic E-state index is 0.130. The molecule has 1 aliphatic carbocycles. The minimum atomic E-state index is -3.82. The first-order chi connectivity index (χ1) is 14.3. The second-order valence-corrected chi connectivity index (χ2v) is 10.1. The highest BCUT2D eigenvalue weighted by molar-refractivity contribution is 7.90. The summed E-state index contributed by atoms with van der Waals surface area (Å²) in [5.41, 5.74) is 2.17. The number of benzene rings is 2. The molecule has 4 rings (SSSR count). The first-order valence-corrected chi connectivity index (χ1v) is 11.9. The Morgan fingerprint density at radius 1 is 1.07 bits per heavy atom. The van der Waals surface area contributed by atoms with Gasteiger partial charge in [0, 0.05) is 25.0 Å². The molecule has 30 heavy (non-hydrogen) atoms. The summed E-state index contributed by atoms with van der Waals surface area (Å²) in [4.78, 5) is 4.54. The van der Waals surface area contributed by atoms with Crippen molar-refractivity contribution in [1.82, 2.24) is 9.80 Å². The van der Waals surface area contributed by atoms with E-state index in [1.165, 1.54) is 0 Å². The van der Waals surface area contributed by atoms with Crippen LogP contribution in [-0.2, 0) is 16.6 Å². The molecule has 0 spiro atoms. The van der Waals surface area contributed by atoms with Crippen molar-refractivity contribution in [3.05, 3.63) is 77.9 Å². The van der Waals surface area contributed by atoms with Crippen LogP contribution in [0.5, 0.6) is 0 Å². The molecule has 158 valence electrons. The topological polar surface area (TPSA) is 53.0 Å². The molecule has 5 nitrogen and oxygen atoms in total. The fraction of sp³-hybridized carbons (Fsp3) is 0.375. The Morgan fingerprint density at radius 2 is 1.77 bits per heavy atom. The Morgan fingerprint density at radius 3 is 2.43 bits per heavy atom. The Bertz CT molecular complexity index is 1040. The van der Waals surface area contributed by atoms with Crippen molar-refractivity contribution in [3.8, 4) is 0 Å². The van der Waals surface area contributed by atoms with Gasteiger partial charge in [-0.05, 0) is 44.9 Å². The van der Waals surface area contributed by atoms with Gasteiger partial charge in [0.1, 0.15) is 0 Å². The van der Waals surface area contributed by atoms with Crippen molar-refractivity contribution in [2.45, 2.75) is 50.7 Å². The predicted octanol–water partition coefficient (Wildman–Crippen LogP) is 4.21. The largest absolute Gasteiger partial charge is 0.337 e. The van der Waals surface area contributed by atoms with E-state index in [9.17, 15) is 8.42 Å². The lowest BCUT2D eigenvalue weighted by atomic mass is 9.96. The normalized spacial score (nSPS) is 22.7. The smallest absolute Gasteiger partial charge is 0.285 e. The van der Waals surface area contributed by atoms with Crippen LogP contribution < -0.4 is 0 Å². The fourth-order valence-corrected chi connectivity index (χ4v) is 5.35. The number of fused-ring (bicyclic) bond motifs is 1. The molecule has 1 aliphatic heterocycles. The van der Waals surface area contributed by atoms with E-state index in [1.807, 2.05) is 37.3 Å². The van der Waals surface area contributed by atoms with E-state index < -0.39 is 10.0 Å². The summed E-state index contributed by atoms with van der Waals surface area (Å²) < 4.78 is 30.8. The van der Waals surface area contributed by atoms with Crippen molar-refractivity contribution >= 4 is 16.0 Å². The first-order valence-electron chi connectivity index (χ1n) is 10.5. The molecule has 0 bridgehead atoms. The van der Waals surface area contributed by atoms with Crippen LogP contribution in [0.15, 0.2) is 76.0 Å². The van der Waals surface area contributed by atoms with Gasteiger partial charge in [0.25, 0.3) is 10.0 Å². The second kappa shape index (κ2) is 8.26. The summed E-state index contributed by atoms with van der Waals surface area (Å²) in [7, 11) is -3.82. The van der Waals surface area contributed by atoms with Crippen molar-refractivity contribution < 1.29 is 8.42 Å². The number of hydrogen-bond donors (Lipinski definition) is 0. The average Bonchev–Trinajstić information content (AvgIpc) is 3.16. The maximum Gasteiger partial charge on any atom is 0.285 e. The predicted molar refractivity (Wildman–Crippen MR) is 121 cm³/mol. The Balaban J connectivity index is 1.77. The summed E-state index contributed by atoms with van der Waals surface area (Å²) in [6.07, 6.45) is 5.43. The van der Waals surface area contributed by atoms with E-state index in [-0.39, 0.29) is 17.0 Å². The first kappa shape index (κ1) is 20.7. The molecule has 0 unspecified atom stereocenters. The van der Waals surface area contributed by atoms with Crippen molar-refractivity contribution in [1.29, 1.82) is 0 Å². The van der Waals surface area contributed by atoms with E-state index in [0.717, 1.165) is 24.1 Å². The third-order valence-corrected chi connectivity index (χ3v) is 7.11. The number of aryl methyl sites for hydroxylation is 1. The maximum absolute atomic E-state index is 13.2. The molecule has 1 heterocycles. The van der Waals surface area contributed by atoms with Gasteiger partial charge in [-0.3, -0.25) is 0 Å². The standard InChI is InChI=1S/C24H29N3O2S/c1-18(2)27-23-11-7-10-21(23)17-26(16-20-8-5-4-6-9-20)24(27)25-30(28,29)22-14-12-19(3)13-15-22/h4-9,11-15,18,21,23H,10,16-17H2,1-3H3/b25-24+/t21-,23-/m0/s1. The van der Waals surface area contributed by atoms with Crippen LogP contribution in [0, 0.1) is 12.8 Å². The van der Waals surface area contributed by atoms with Gasteiger partial charge in [-0.15, -0.1) is 4.40 Å². The van der Waals surface area contributed by atoms with E-state index in [1.54, 1.807) is 12.1 Å². The summed E-state index contributed by atoms with van der Waals surface area (Å²) in [5, 5.41) is 0. The lowest BCUT2D eigenvalue weighted by Gasteiger charge is -2.48. The summed E-state index contributed by atoms with van der Waals surface area (Å²) in [5.74, 6) is 0.986. The molecule has 2 atom stereocenters. The minimum Gasteiger partial charge on any atom is -0.337 e. The molecular weight excluding hydrogens is 394 g/mol. The number of guanidine groups is 1. The average molecular weight is 424 g/mol. The number of hydrogen-bond acceptors (Lipinski definition) is 2. The number of rotatable bonds is 5. The molecular formula is C24H29N3O2S. The zero-order valence-corrected chi connectivity index (χ0v) is 18.6. The quantitative estimate of drug-likeness (QED) is 0.676. The Labute approximate surface area is 179 Å². The van der Waals surface area contributed by atoms with Crippen LogP contribution in [0.1, 0.15) is 31.4 Å². The molecule has 0 saturated carbocycles. The Kier molecular flexibility index (Phi) is 5.69. The maximum atomic E-state index is 13.2. The summed E-state index contributed by atoms with van der Waals surface area (Å²) in [6, 6.07) is 17.4. The molecule has 0 aromatic heterocycles. The van der Waals surface area contributed by atoms with E-state index in [2.05, 4.69) is 52.3 Å². The van der Waals surface area contributed by atoms with E-state index in [4.69, 9.17) is 0 Å². The zero-order valence-electron chi connectivity index (χ0n) is 17.8. The van der Waals surface area contributed by atoms with E-state index in [0.29, 0.717) is 18.4 Å². The SMILES string of the molecule is Cc1ccc(S(=O)(=O)/N=C2\N(Cc3ccccc3)C[C@@H]3CC=C[C@@H]3N2C(C)C)cc1. The van der Waals surface area contributed by atoms with Crippen LogP contribution in [0.3, 0.4) is 0 Å². The van der Waals surface area contributed by atoms with Gasteiger partial charge >= 0.3 is 0 Å². The number of sulfonamides is 1. The molecule has 0 radical (unpaired) electrons. The van der Waals surface area contributed by atoms with Gasteiger partial charge in [0.15, 0.2) is 0 Å². The highest BCUT2D eigenvalue weighted by Gasteiger charge is 2.41. The molecule has 2 aliphatic rings. The third kappa shape index (κ3) is 4.15. The van der Waals surface area contributed by atoms with Crippen LogP contribution in [0.25, 0.3) is 0 Å². The highest BCUT2D eigenvalue weighted by atomic mass is 32.2. The van der Waals surface area contributed by atoms with Gasteiger partial charge in [-0.25, -0.2) is 0 Å². The van der Waals surface area contributed by atoms with Crippen molar-refractivity contribution in [3.63, 3.8) is 0 Å². The molecule has 1 saturated heterocycles.